The predicted octanol–water partition coefficient (Wildman–Crippen LogP) is -0.502. The molecule has 0 bridgehead atoms. The van der Waals surface area contributed by atoms with E-state index in [1.807, 2.05) is 0 Å². The maximum atomic E-state index is 10.5. The number of nitrogens with one attached hydrogen (secondary N) is 1. The number of methoxy groups -OCH3 is 1. The highest BCUT2D eigenvalue weighted by Crippen LogP contribution is 1.83. The van der Waals surface area contributed by atoms with Gasteiger partial charge in [-0.2, -0.15) is 0 Å². The summed E-state index contributed by atoms with van der Waals surface area (Å²) in [5.41, 5.74) is 0. The lowest BCUT2D eigenvalue weighted by Gasteiger charge is -2.08. The third-order valence-electron chi connectivity index (χ3n) is 0.863. The molecule has 57 valence electrons. The van der Waals surface area contributed by atoms with Gasteiger partial charge in [-0.15, -0.1) is 0 Å². The summed E-state index contributed by atoms with van der Waals surface area (Å²) in [6.07, 6.45) is 0. The van der Waals surface area contributed by atoms with Crippen LogP contribution in [-0.2, 0) is 14.3 Å². The van der Waals surface area contributed by atoms with E-state index in [1.54, 1.807) is 0 Å². The lowest BCUT2D eigenvalue weighted by atomic mass is 10.3. The Morgan fingerprint density at radius 3 is 2.40 bits per heavy atom. The highest BCUT2D eigenvalue weighted by Gasteiger charge is 2.12. The minimum atomic E-state index is -0.803. The molecule has 0 unspecified atom stereocenters. The number of rotatable bonds is 2. The first kappa shape index (κ1) is 8.94. The summed E-state index contributed by atoms with van der Waals surface area (Å²) < 4.78 is 4.30. The van der Waals surface area contributed by atoms with Gasteiger partial charge in [0.1, 0.15) is 6.04 Å². The molecule has 0 aliphatic heterocycles. The van der Waals surface area contributed by atoms with E-state index in [4.69, 9.17) is 0 Å². The van der Waals surface area contributed by atoms with Gasteiger partial charge >= 0.3 is 5.97 Å². The maximum Gasteiger partial charge on any atom is 0.328 e. The van der Waals surface area contributed by atoms with Crippen LogP contribution < -0.4 is 5.32 Å². The van der Waals surface area contributed by atoms with Crippen LogP contribution in [0.5, 0.6) is 0 Å². The quantitative estimate of drug-likeness (QED) is 0.531. The summed E-state index contributed by atoms with van der Waals surface area (Å²) in [6, 6.07) is -0.803. The van der Waals surface area contributed by atoms with Crippen LogP contribution >= 0.6 is 0 Å². The van der Waals surface area contributed by atoms with Gasteiger partial charge in [0.25, 0.3) is 0 Å². The molecule has 10 heavy (non-hydrogen) atoms. The minimum Gasteiger partial charge on any atom is -0.467 e. The molecule has 1 atom stereocenters. The van der Waals surface area contributed by atoms with E-state index < -0.39 is 12.0 Å². The Morgan fingerprint density at radius 2 is 2.10 bits per heavy atom. The van der Waals surface area contributed by atoms with Gasteiger partial charge in [0.15, 0.2) is 0 Å². The highest BCUT2D eigenvalue weighted by molar-refractivity contribution is 5.83. The van der Waals surface area contributed by atoms with Crippen LogP contribution in [0, 0.1) is 6.92 Å². The summed E-state index contributed by atoms with van der Waals surface area (Å²) in [4.78, 5) is 20.9. The van der Waals surface area contributed by atoms with Crippen LogP contribution in [0.1, 0.15) is 6.92 Å². The van der Waals surface area contributed by atoms with E-state index in [0.29, 0.717) is 0 Å². The number of ether oxygens (including phenoxy) is 1. The Morgan fingerprint density at radius 1 is 1.60 bits per heavy atom. The van der Waals surface area contributed by atoms with Gasteiger partial charge in [-0.3, -0.25) is 4.79 Å². The Balaban J connectivity index is 3.72. The molecule has 1 N–H and O–H groups in total. The van der Waals surface area contributed by atoms with Gasteiger partial charge in [-0.1, -0.05) is 0 Å². The van der Waals surface area contributed by atoms with Gasteiger partial charge < -0.3 is 10.1 Å². The fourth-order valence-electron chi connectivity index (χ4n) is 0.447. The number of carbonyl (C=O) groups excluding carboxylic acids is 2. The average molecular weight is 144 g/mol. The zero-order valence-electron chi connectivity index (χ0n) is 6.01. The normalized spacial score (nSPS) is 11.9. The molecule has 0 aromatic rings. The number of hydrogen-bond acceptors (Lipinski definition) is 3. The first-order valence-corrected chi connectivity index (χ1v) is 2.76. The van der Waals surface area contributed by atoms with Gasteiger partial charge in [0.05, 0.1) is 7.11 Å². The standard InChI is InChI=1S/C6H10NO3/c1-4(6(9)10-3)7-5(2)8/h4H,1H2,2-3H3,(H,7,8)/t4-/m1/s1. The van der Waals surface area contributed by atoms with E-state index in [0.717, 1.165) is 0 Å². The predicted molar refractivity (Wildman–Crippen MR) is 35.0 cm³/mol. The molecule has 0 aliphatic rings. The SMILES string of the molecule is [CH2][C@@H](NC(C)=O)C(=O)OC. The molecule has 1 amide bonds. The van der Waals surface area contributed by atoms with E-state index in [9.17, 15) is 9.59 Å². The first-order chi connectivity index (χ1) is 4.57. The maximum absolute atomic E-state index is 10.5. The molecule has 0 saturated carbocycles. The molecule has 4 nitrogen and oxygen atoms in total. The number of hydrogen-bond donors (Lipinski definition) is 1. The summed E-state index contributed by atoms with van der Waals surface area (Å²) in [6.45, 7) is 4.65. The Kier molecular flexibility index (Phi) is 3.46. The second kappa shape index (κ2) is 3.87. The van der Waals surface area contributed by atoms with Crippen molar-refractivity contribution in [1.29, 1.82) is 0 Å². The van der Waals surface area contributed by atoms with Crippen molar-refractivity contribution < 1.29 is 14.3 Å². The van der Waals surface area contributed by atoms with Crippen molar-refractivity contribution in [2.75, 3.05) is 7.11 Å². The van der Waals surface area contributed by atoms with E-state index >= 15 is 0 Å². The molecule has 0 heterocycles. The molecule has 4 heteroatoms. The largest absolute Gasteiger partial charge is 0.467 e. The van der Waals surface area contributed by atoms with Crippen LogP contribution in [0.4, 0.5) is 0 Å². The molecule has 1 radical (unpaired) electrons. The van der Waals surface area contributed by atoms with Gasteiger partial charge in [-0.05, 0) is 6.92 Å². The second-order valence-corrected chi connectivity index (χ2v) is 1.78. The molecule has 0 fully saturated rings. The molecule has 0 rings (SSSR count). The van der Waals surface area contributed by atoms with Gasteiger partial charge in [0, 0.05) is 6.92 Å². The Hall–Kier alpha value is -1.06. The van der Waals surface area contributed by atoms with Crippen molar-refractivity contribution in [2.24, 2.45) is 0 Å². The molecule has 0 aromatic carbocycles. The summed E-state index contributed by atoms with van der Waals surface area (Å²) in [5.74, 6) is -0.847. The van der Waals surface area contributed by atoms with E-state index in [2.05, 4.69) is 17.0 Å². The third kappa shape index (κ3) is 3.06. The van der Waals surface area contributed by atoms with Crippen LogP contribution in [-0.4, -0.2) is 25.0 Å². The average Bonchev–Trinajstić information content (AvgIpc) is 1.85. The summed E-state index contributed by atoms with van der Waals surface area (Å²) in [5, 5.41) is 2.27. The Labute approximate surface area is 59.6 Å². The minimum absolute atomic E-state index is 0.301. The van der Waals surface area contributed by atoms with Crippen molar-refractivity contribution in [3.05, 3.63) is 6.92 Å². The van der Waals surface area contributed by atoms with Gasteiger partial charge in [0.2, 0.25) is 5.91 Å². The van der Waals surface area contributed by atoms with Crippen LogP contribution in [0.15, 0.2) is 0 Å². The zero-order chi connectivity index (χ0) is 8.15. The monoisotopic (exact) mass is 144 g/mol. The summed E-state index contributed by atoms with van der Waals surface area (Å²) >= 11 is 0. The van der Waals surface area contributed by atoms with E-state index in [1.165, 1.54) is 14.0 Å². The molecule has 0 saturated heterocycles. The topological polar surface area (TPSA) is 55.4 Å². The van der Waals surface area contributed by atoms with E-state index in [-0.39, 0.29) is 5.91 Å². The summed E-state index contributed by atoms with van der Waals surface area (Å²) in [7, 11) is 1.24. The van der Waals surface area contributed by atoms with Crippen molar-refractivity contribution in [3.8, 4) is 0 Å². The highest BCUT2D eigenvalue weighted by atomic mass is 16.5. The first-order valence-electron chi connectivity index (χ1n) is 2.76. The lowest BCUT2D eigenvalue weighted by Crippen LogP contribution is -2.37. The van der Waals surface area contributed by atoms with Crippen LogP contribution in [0.2, 0.25) is 0 Å². The van der Waals surface area contributed by atoms with Crippen LogP contribution in [0.25, 0.3) is 0 Å². The van der Waals surface area contributed by atoms with Crippen molar-refractivity contribution >= 4 is 11.9 Å². The number of amides is 1. The zero-order valence-corrected chi connectivity index (χ0v) is 6.01. The molecule has 0 aromatic heterocycles. The molecular formula is C6H10NO3. The number of carbonyl (C=O) groups is 2. The number of esters is 1. The van der Waals surface area contributed by atoms with Crippen molar-refractivity contribution in [2.45, 2.75) is 13.0 Å². The second-order valence-electron chi connectivity index (χ2n) is 1.78. The lowest BCUT2D eigenvalue weighted by molar-refractivity contribution is -0.143. The Bertz CT molecular complexity index is 144. The fourth-order valence-corrected chi connectivity index (χ4v) is 0.447. The third-order valence-corrected chi connectivity index (χ3v) is 0.863. The molecule has 0 spiro atoms. The fraction of sp³-hybridized carbons (Fsp3) is 0.500. The molecular weight excluding hydrogens is 134 g/mol. The van der Waals surface area contributed by atoms with Crippen LogP contribution in [0.3, 0.4) is 0 Å². The smallest absolute Gasteiger partial charge is 0.328 e. The van der Waals surface area contributed by atoms with Gasteiger partial charge in [-0.25, -0.2) is 4.79 Å². The van der Waals surface area contributed by atoms with Crippen molar-refractivity contribution in [1.82, 2.24) is 5.32 Å². The van der Waals surface area contributed by atoms with Crippen molar-refractivity contribution in [3.63, 3.8) is 0 Å². The molecule has 0 aliphatic carbocycles.